The minimum absolute atomic E-state index is 0.189. The van der Waals surface area contributed by atoms with E-state index in [0.717, 1.165) is 58.5 Å². The Balaban J connectivity index is 1.65. The molecule has 2 aliphatic rings. The van der Waals surface area contributed by atoms with E-state index in [1.54, 1.807) is 0 Å². The van der Waals surface area contributed by atoms with Crippen LogP contribution in [0.15, 0.2) is 0 Å². The van der Waals surface area contributed by atoms with Gasteiger partial charge in [0.2, 0.25) is 5.91 Å². The van der Waals surface area contributed by atoms with Crippen molar-refractivity contribution in [1.29, 1.82) is 0 Å². The fourth-order valence-electron chi connectivity index (χ4n) is 2.42. The molecule has 4 nitrogen and oxygen atoms in total. The van der Waals surface area contributed by atoms with Gasteiger partial charge in [0, 0.05) is 26.3 Å². The number of ether oxygens (including phenoxy) is 1. The van der Waals surface area contributed by atoms with Crippen molar-refractivity contribution in [2.24, 2.45) is 11.8 Å². The van der Waals surface area contributed by atoms with Gasteiger partial charge >= 0.3 is 0 Å². The average molecular weight is 226 g/mol. The third kappa shape index (κ3) is 3.46. The predicted octanol–water partition coefficient (Wildman–Crippen LogP) is 0.529. The molecule has 0 saturated carbocycles. The zero-order chi connectivity index (χ0) is 11.2. The maximum atomic E-state index is 11.9. The van der Waals surface area contributed by atoms with Gasteiger partial charge in [0.1, 0.15) is 0 Å². The van der Waals surface area contributed by atoms with Crippen LogP contribution in [-0.2, 0) is 9.53 Å². The molecule has 0 aromatic heterocycles. The van der Waals surface area contributed by atoms with Crippen molar-refractivity contribution in [2.75, 3.05) is 32.8 Å². The largest absolute Gasteiger partial charge is 0.381 e. The monoisotopic (exact) mass is 226 g/mol. The molecule has 0 bridgehead atoms. The van der Waals surface area contributed by atoms with Gasteiger partial charge in [-0.3, -0.25) is 4.79 Å². The van der Waals surface area contributed by atoms with Crippen LogP contribution >= 0.6 is 0 Å². The fourth-order valence-corrected chi connectivity index (χ4v) is 2.42. The summed E-state index contributed by atoms with van der Waals surface area (Å²) in [4.78, 5) is 11.9. The summed E-state index contributed by atoms with van der Waals surface area (Å²) in [6, 6.07) is 0. The lowest BCUT2D eigenvalue weighted by molar-refractivity contribution is -0.125. The number of hydrogen-bond acceptors (Lipinski definition) is 3. The van der Waals surface area contributed by atoms with Crippen LogP contribution in [0.1, 0.15) is 25.7 Å². The third-order valence-corrected chi connectivity index (χ3v) is 3.57. The molecule has 1 unspecified atom stereocenters. The van der Waals surface area contributed by atoms with Crippen LogP contribution in [0.3, 0.4) is 0 Å². The summed E-state index contributed by atoms with van der Waals surface area (Å²) in [7, 11) is 0. The van der Waals surface area contributed by atoms with Gasteiger partial charge in [0.25, 0.3) is 0 Å². The quantitative estimate of drug-likeness (QED) is 0.738. The van der Waals surface area contributed by atoms with Crippen LogP contribution in [0.4, 0.5) is 0 Å². The van der Waals surface area contributed by atoms with Crippen molar-refractivity contribution in [1.82, 2.24) is 10.6 Å². The highest BCUT2D eigenvalue weighted by Gasteiger charge is 2.22. The van der Waals surface area contributed by atoms with E-state index in [9.17, 15) is 4.79 Å². The molecule has 0 aliphatic carbocycles. The molecule has 2 fully saturated rings. The molecule has 2 aliphatic heterocycles. The second kappa shape index (κ2) is 6.21. The first kappa shape index (κ1) is 11.9. The summed E-state index contributed by atoms with van der Waals surface area (Å²) in [6.07, 6.45) is 4.33. The summed E-state index contributed by atoms with van der Waals surface area (Å²) in [5, 5.41) is 6.36. The number of rotatable bonds is 3. The molecule has 92 valence electrons. The van der Waals surface area contributed by atoms with Crippen molar-refractivity contribution in [3.05, 3.63) is 0 Å². The van der Waals surface area contributed by atoms with Gasteiger partial charge in [-0.2, -0.15) is 0 Å². The lowest BCUT2D eigenvalue weighted by Crippen LogP contribution is -2.42. The molecule has 2 heterocycles. The molecule has 0 aromatic carbocycles. The Morgan fingerprint density at radius 3 is 2.81 bits per heavy atom. The molecule has 2 rings (SSSR count). The highest BCUT2D eigenvalue weighted by atomic mass is 16.5. The van der Waals surface area contributed by atoms with E-state index >= 15 is 0 Å². The van der Waals surface area contributed by atoms with Crippen molar-refractivity contribution in [2.45, 2.75) is 25.7 Å². The Bertz CT molecular complexity index is 221. The van der Waals surface area contributed by atoms with Crippen LogP contribution in [0.25, 0.3) is 0 Å². The molecule has 1 atom stereocenters. The Morgan fingerprint density at radius 1 is 1.31 bits per heavy atom. The van der Waals surface area contributed by atoms with Gasteiger partial charge in [-0.05, 0) is 38.1 Å². The molecule has 16 heavy (non-hydrogen) atoms. The van der Waals surface area contributed by atoms with Crippen LogP contribution < -0.4 is 10.6 Å². The zero-order valence-corrected chi connectivity index (χ0v) is 9.84. The van der Waals surface area contributed by atoms with E-state index in [-0.39, 0.29) is 11.8 Å². The van der Waals surface area contributed by atoms with E-state index in [1.807, 2.05) is 0 Å². The van der Waals surface area contributed by atoms with E-state index in [0.29, 0.717) is 5.92 Å². The Kier molecular flexibility index (Phi) is 4.60. The predicted molar refractivity (Wildman–Crippen MR) is 62.1 cm³/mol. The first-order chi connectivity index (χ1) is 7.86. The summed E-state index contributed by atoms with van der Waals surface area (Å²) in [5.41, 5.74) is 0. The Labute approximate surface area is 97.1 Å². The van der Waals surface area contributed by atoms with Gasteiger partial charge in [0.05, 0.1) is 5.92 Å². The topological polar surface area (TPSA) is 50.4 Å². The third-order valence-electron chi connectivity index (χ3n) is 3.57. The lowest BCUT2D eigenvalue weighted by atomic mass is 9.97. The first-order valence-electron chi connectivity index (χ1n) is 6.42. The maximum Gasteiger partial charge on any atom is 0.224 e. The number of piperidine rings is 1. The molecule has 4 heteroatoms. The minimum Gasteiger partial charge on any atom is -0.381 e. The van der Waals surface area contributed by atoms with Gasteiger partial charge in [-0.1, -0.05) is 0 Å². The van der Waals surface area contributed by atoms with Crippen LogP contribution in [0.5, 0.6) is 0 Å². The van der Waals surface area contributed by atoms with Crippen LogP contribution in [-0.4, -0.2) is 38.8 Å². The molecule has 2 N–H and O–H groups in total. The van der Waals surface area contributed by atoms with Crippen molar-refractivity contribution in [3.8, 4) is 0 Å². The second-order valence-corrected chi connectivity index (χ2v) is 4.84. The number of carbonyl (C=O) groups excluding carboxylic acids is 1. The highest BCUT2D eigenvalue weighted by molar-refractivity contribution is 5.78. The van der Waals surface area contributed by atoms with Crippen molar-refractivity contribution >= 4 is 5.91 Å². The molecule has 0 spiro atoms. The standard InChI is InChI=1S/C12H22N2O2/c15-12(11-2-1-5-13-9-11)14-8-10-3-6-16-7-4-10/h10-11,13H,1-9H2,(H,14,15). The van der Waals surface area contributed by atoms with Crippen LogP contribution in [0.2, 0.25) is 0 Å². The molecule has 0 aromatic rings. The minimum atomic E-state index is 0.189. The Hall–Kier alpha value is -0.610. The number of nitrogens with one attached hydrogen (secondary N) is 2. The fraction of sp³-hybridized carbons (Fsp3) is 0.917. The van der Waals surface area contributed by atoms with Gasteiger partial charge < -0.3 is 15.4 Å². The maximum absolute atomic E-state index is 11.9. The SMILES string of the molecule is O=C(NCC1CCOCC1)C1CCCNC1. The van der Waals surface area contributed by atoms with Gasteiger partial charge in [0.15, 0.2) is 0 Å². The van der Waals surface area contributed by atoms with Gasteiger partial charge in [-0.25, -0.2) is 0 Å². The summed E-state index contributed by atoms with van der Waals surface area (Å²) in [5.74, 6) is 1.04. The molecule has 2 saturated heterocycles. The second-order valence-electron chi connectivity index (χ2n) is 4.84. The summed E-state index contributed by atoms with van der Waals surface area (Å²) < 4.78 is 5.30. The van der Waals surface area contributed by atoms with Gasteiger partial charge in [-0.15, -0.1) is 0 Å². The molecule has 0 radical (unpaired) electrons. The number of carbonyl (C=O) groups is 1. The van der Waals surface area contributed by atoms with E-state index < -0.39 is 0 Å². The summed E-state index contributed by atoms with van der Waals surface area (Å²) in [6.45, 7) is 4.44. The molecular formula is C12H22N2O2. The number of amides is 1. The lowest BCUT2D eigenvalue weighted by Gasteiger charge is -2.25. The smallest absolute Gasteiger partial charge is 0.224 e. The van der Waals surface area contributed by atoms with Crippen LogP contribution in [0, 0.1) is 11.8 Å². The van der Waals surface area contributed by atoms with Crippen molar-refractivity contribution in [3.63, 3.8) is 0 Å². The Morgan fingerprint density at radius 2 is 2.12 bits per heavy atom. The number of hydrogen-bond donors (Lipinski definition) is 2. The summed E-state index contributed by atoms with van der Waals surface area (Å²) >= 11 is 0. The molecular weight excluding hydrogens is 204 g/mol. The highest BCUT2D eigenvalue weighted by Crippen LogP contribution is 2.14. The van der Waals surface area contributed by atoms with E-state index in [1.165, 1.54) is 0 Å². The van der Waals surface area contributed by atoms with E-state index in [4.69, 9.17) is 4.74 Å². The van der Waals surface area contributed by atoms with E-state index in [2.05, 4.69) is 10.6 Å². The molecule has 1 amide bonds. The zero-order valence-electron chi connectivity index (χ0n) is 9.84. The average Bonchev–Trinajstić information content (AvgIpc) is 2.38. The van der Waals surface area contributed by atoms with Crippen molar-refractivity contribution < 1.29 is 9.53 Å². The normalized spacial score (nSPS) is 27.6. The first-order valence-corrected chi connectivity index (χ1v) is 6.42.